The highest BCUT2D eigenvalue weighted by atomic mass is 32.2. The van der Waals surface area contributed by atoms with Gasteiger partial charge in [0.05, 0.1) is 6.10 Å². The van der Waals surface area contributed by atoms with Crippen molar-refractivity contribution in [3.63, 3.8) is 0 Å². The topological polar surface area (TPSA) is 47.0 Å². The van der Waals surface area contributed by atoms with Crippen LogP contribution in [0, 0.1) is 6.92 Å². The second-order valence-corrected chi connectivity index (χ2v) is 5.45. The Morgan fingerprint density at radius 2 is 2.11 bits per heavy atom. The number of rotatable bonds is 7. The third kappa shape index (κ3) is 5.12. The van der Waals surface area contributed by atoms with Crippen LogP contribution in [-0.4, -0.2) is 34.1 Å². The van der Waals surface area contributed by atoms with E-state index in [1.165, 1.54) is 0 Å². The molecule has 0 aliphatic rings. The minimum atomic E-state index is 0.125. The van der Waals surface area contributed by atoms with Crippen molar-refractivity contribution in [3.05, 3.63) is 11.8 Å². The van der Waals surface area contributed by atoms with Gasteiger partial charge in [-0.1, -0.05) is 6.92 Å². The molecule has 102 valence electrons. The fraction of sp³-hybridized carbons (Fsp3) is 0.692. The molecule has 1 atom stereocenters. The fourth-order valence-corrected chi connectivity index (χ4v) is 2.27. The summed E-state index contributed by atoms with van der Waals surface area (Å²) in [7, 11) is 0. The number of nitrogens with zero attached hydrogens (tertiary/aromatic N) is 2. The summed E-state index contributed by atoms with van der Waals surface area (Å²) >= 11 is 1.82. The SMILES string of the molecule is CCC(CSC)Nc1nc(C)cc(OC(C)C)n1. The molecule has 4 nitrogen and oxygen atoms in total. The van der Waals surface area contributed by atoms with E-state index in [-0.39, 0.29) is 6.10 Å². The Morgan fingerprint density at radius 1 is 1.39 bits per heavy atom. The zero-order valence-corrected chi connectivity index (χ0v) is 12.7. The van der Waals surface area contributed by atoms with E-state index in [4.69, 9.17) is 4.74 Å². The molecule has 0 aliphatic carbocycles. The number of aryl methyl sites for hydroxylation is 1. The van der Waals surface area contributed by atoms with Gasteiger partial charge in [0.25, 0.3) is 0 Å². The molecule has 1 rings (SSSR count). The van der Waals surface area contributed by atoms with Crippen LogP contribution < -0.4 is 10.1 Å². The van der Waals surface area contributed by atoms with Gasteiger partial charge in [-0.15, -0.1) is 0 Å². The van der Waals surface area contributed by atoms with Crippen molar-refractivity contribution in [1.82, 2.24) is 9.97 Å². The van der Waals surface area contributed by atoms with Crippen molar-refractivity contribution in [2.75, 3.05) is 17.3 Å². The summed E-state index contributed by atoms with van der Waals surface area (Å²) in [5.41, 5.74) is 0.919. The maximum absolute atomic E-state index is 5.61. The first-order chi connectivity index (χ1) is 8.55. The van der Waals surface area contributed by atoms with Crippen LogP contribution in [0.25, 0.3) is 0 Å². The van der Waals surface area contributed by atoms with E-state index >= 15 is 0 Å². The van der Waals surface area contributed by atoms with Gasteiger partial charge in [0.1, 0.15) is 0 Å². The quantitative estimate of drug-likeness (QED) is 0.824. The molecule has 0 aliphatic heterocycles. The number of hydrogen-bond acceptors (Lipinski definition) is 5. The van der Waals surface area contributed by atoms with Gasteiger partial charge in [0.15, 0.2) is 0 Å². The van der Waals surface area contributed by atoms with Crippen molar-refractivity contribution in [2.45, 2.75) is 46.3 Å². The lowest BCUT2D eigenvalue weighted by Crippen LogP contribution is -2.23. The van der Waals surface area contributed by atoms with Crippen molar-refractivity contribution in [3.8, 4) is 5.88 Å². The summed E-state index contributed by atoms with van der Waals surface area (Å²) < 4.78 is 5.61. The van der Waals surface area contributed by atoms with E-state index in [1.54, 1.807) is 0 Å². The Labute approximate surface area is 114 Å². The fourth-order valence-electron chi connectivity index (χ4n) is 1.55. The first kappa shape index (κ1) is 15.1. The lowest BCUT2D eigenvalue weighted by atomic mass is 10.3. The summed E-state index contributed by atoms with van der Waals surface area (Å²) in [6, 6.07) is 2.26. The van der Waals surface area contributed by atoms with Gasteiger partial charge in [0, 0.05) is 23.6 Å². The summed E-state index contributed by atoms with van der Waals surface area (Å²) in [6.07, 6.45) is 3.29. The van der Waals surface area contributed by atoms with Gasteiger partial charge in [0.2, 0.25) is 11.8 Å². The molecule has 0 amide bonds. The third-order valence-electron chi connectivity index (χ3n) is 2.38. The molecular formula is C13H23N3OS. The van der Waals surface area contributed by atoms with Crippen LogP contribution in [0.5, 0.6) is 5.88 Å². The van der Waals surface area contributed by atoms with Gasteiger partial charge < -0.3 is 10.1 Å². The zero-order chi connectivity index (χ0) is 13.5. The van der Waals surface area contributed by atoms with Gasteiger partial charge in [-0.2, -0.15) is 16.7 Å². The van der Waals surface area contributed by atoms with Crippen LogP contribution in [0.2, 0.25) is 0 Å². The first-order valence-electron chi connectivity index (χ1n) is 6.33. The lowest BCUT2D eigenvalue weighted by Gasteiger charge is -2.17. The molecule has 1 aromatic rings. The van der Waals surface area contributed by atoms with E-state index in [0.717, 1.165) is 17.9 Å². The summed E-state index contributed by atoms with van der Waals surface area (Å²) in [6.45, 7) is 8.10. The normalized spacial score (nSPS) is 12.6. The van der Waals surface area contributed by atoms with Gasteiger partial charge in [-0.3, -0.25) is 0 Å². The number of anilines is 1. The van der Waals surface area contributed by atoms with E-state index < -0.39 is 0 Å². The number of aromatic nitrogens is 2. The van der Waals surface area contributed by atoms with Crippen molar-refractivity contribution in [1.29, 1.82) is 0 Å². The third-order valence-corrected chi connectivity index (χ3v) is 3.12. The van der Waals surface area contributed by atoms with Gasteiger partial charge in [-0.05, 0) is 33.4 Å². The van der Waals surface area contributed by atoms with Gasteiger partial charge >= 0.3 is 0 Å². The van der Waals surface area contributed by atoms with E-state index in [2.05, 4.69) is 28.5 Å². The van der Waals surface area contributed by atoms with Crippen molar-refractivity contribution >= 4 is 17.7 Å². The second kappa shape index (κ2) is 7.46. The van der Waals surface area contributed by atoms with Crippen LogP contribution in [0.15, 0.2) is 6.07 Å². The average Bonchev–Trinajstić information content (AvgIpc) is 2.26. The molecule has 0 fully saturated rings. The molecule has 0 saturated carbocycles. The minimum absolute atomic E-state index is 0.125. The highest BCUT2D eigenvalue weighted by Gasteiger charge is 2.09. The van der Waals surface area contributed by atoms with Crippen LogP contribution in [0.3, 0.4) is 0 Å². The Hall–Kier alpha value is -0.970. The van der Waals surface area contributed by atoms with Gasteiger partial charge in [-0.25, -0.2) is 4.98 Å². The number of ether oxygens (including phenoxy) is 1. The Kier molecular flexibility index (Phi) is 6.25. The minimum Gasteiger partial charge on any atom is -0.475 e. The zero-order valence-electron chi connectivity index (χ0n) is 11.9. The molecule has 0 radical (unpaired) electrons. The largest absolute Gasteiger partial charge is 0.475 e. The Morgan fingerprint density at radius 3 is 2.67 bits per heavy atom. The van der Waals surface area contributed by atoms with Crippen LogP contribution >= 0.6 is 11.8 Å². The number of thioether (sulfide) groups is 1. The first-order valence-corrected chi connectivity index (χ1v) is 7.72. The summed E-state index contributed by atoms with van der Waals surface area (Å²) in [5.74, 6) is 2.35. The average molecular weight is 269 g/mol. The molecular weight excluding hydrogens is 246 g/mol. The smallest absolute Gasteiger partial charge is 0.226 e. The molecule has 0 bridgehead atoms. The van der Waals surface area contributed by atoms with Crippen molar-refractivity contribution in [2.24, 2.45) is 0 Å². The number of nitrogens with one attached hydrogen (secondary N) is 1. The highest BCUT2D eigenvalue weighted by Crippen LogP contribution is 2.15. The second-order valence-electron chi connectivity index (χ2n) is 4.54. The predicted molar refractivity (Wildman–Crippen MR) is 78.6 cm³/mol. The lowest BCUT2D eigenvalue weighted by molar-refractivity contribution is 0.232. The van der Waals surface area contributed by atoms with E-state index in [1.807, 2.05) is 38.6 Å². The molecule has 5 heteroatoms. The van der Waals surface area contributed by atoms with E-state index in [9.17, 15) is 0 Å². The molecule has 0 aromatic carbocycles. The van der Waals surface area contributed by atoms with E-state index in [0.29, 0.717) is 17.9 Å². The molecule has 1 aromatic heterocycles. The van der Waals surface area contributed by atoms with Crippen LogP contribution in [-0.2, 0) is 0 Å². The van der Waals surface area contributed by atoms with Crippen LogP contribution in [0.4, 0.5) is 5.95 Å². The molecule has 18 heavy (non-hydrogen) atoms. The monoisotopic (exact) mass is 269 g/mol. The molecule has 0 saturated heterocycles. The standard InChI is InChI=1S/C13H23N3OS/c1-6-11(8-18-5)15-13-14-10(4)7-12(16-13)17-9(2)3/h7,9,11H,6,8H2,1-5H3,(H,14,15,16). The molecule has 1 N–H and O–H groups in total. The van der Waals surface area contributed by atoms with Crippen molar-refractivity contribution < 1.29 is 4.74 Å². The highest BCUT2D eigenvalue weighted by molar-refractivity contribution is 7.98. The Balaban J connectivity index is 2.78. The molecule has 0 spiro atoms. The maximum Gasteiger partial charge on any atom is 0.226 e. The Bertz CT molecular complexity index is 371. The predicted octanol–water partition coefficient (Wildman–Crippen LogP) is 3.13. The number of hydrogen-bond donors (Lipinski definition) is 1. The molecule has 1 unspecified atom stereocenters. The molecule has 1 heterocycles. The summed E-state index contributed by atoms with van der Waals surface area (Å²) in [5, 5.41) is 3.36. The van der Waals surface area contributed by atoms with Crippen LogP contribution in [0.1, 0.15) is 32.9 Å². The summed E-state index contributed by atoms with van der Waals surface area (Å²) in [4.78, 5) is 8.79. The maximum atomic E-state index is 5.61.